The number of thioether (sulfide) groups is 1. The van der Waals surface area contributed by atoms with Gasteiger partial charge in [0.1, 0.15) is 11.6 Å². The van der Waals surface area contributed by atoms with E-state index in [1.165, 1.54) is 36.4 Å². The van der Waals surface area contributed by atoms with E-state index in [4.69, 9.17) is 0 Å². The lowest BCUT2D eigenvalue weighted by Crippen LogP contribution is -2.31. The maximum Gasteiger partial charge on any atom is 0.293 e. The Morgan fingerprint density at radius 3 is 2.70 bits per heavy atom. The molecule has 8 heteroatoms. The van der Waals surface area contributed by atoms with Gasteiger partial charge in [-0.1, -0.05) is 24.3 Å². The second-order valence-corrected chi connectivity index (χ2v) is 6.70. The molecule has 0 saturated carbocycles. The minimum absolute atomic E-state index is 0.0740. The van der Waals surface area contributed by atoms with E-state index in [1.54, 1.807) is 18.2 Å². The van der Waals surface area contributed by atoms with Crippen LogP contribution in [-0.2, 0) is 9.59 Å². The smallest absolute Gasteiger partial charge is 0.293 e. The average Bonchev–Trinajstić information content (AvgIpc) is 2.88. The van der Waals surface area contributed by atoms with Gasteiger partial charge in [-0.05, 0) is 47.7 Å². The first-order chi connectivity index (χ1) is 12.9. The van der Waals surface area contributed by atoms with Crippen molar-refractivity contribution >= 4 is 40.6 Å². The Hall–Kier alpha value is -3.13. The van der Waals surface area contributed by atoms with Gasteiger partial charge in [0.15, 0.2) is 0 Å². The zero-order chi connectivity index (χ0) is 19.4. The van der Waals surface area contributed by atoms with Gasteiger partial charge in [-0.15, -0.1) is 0 Å². The van der Waals surface area contributed by atoms with E-state index in [1.807, 2.05) is 0 Å². The number of amides is 3. The van der Waals surface area contributed by atoms with E-state index in [-0.39, 0.29) is 29.3 Å². The Morgan fingerprint density at radius 2 is 1.96 bits per heavy atom. The predicted octanol–water partition coefficient (Wildman–Crippen LogP) is 3.60. The second-order valence-electron chi connectivity index (χ2n) is 5.70. The molecule has 27 heavy (non-hydrogen) atoms. The van der Waals surface area contributed by atoms with Crippen molar-refractivity contribution in [2.24, 2.45) is 0 Å². The van der Waals surface area contributed by atoms with Gasteiger partial charge in [-0.3, -0.25) is 19.3 Å². The monoisotopic (exact) mass is 386 g/mol. The molecule has 1 saturated heterocycles. The molecule has 1 fully saturated rings. The number of hydrogen-bond donors (Lipinski definition) is 2. The number of para-hydroxylation sites is 2. The minimum Gasteiger partial charge on any atom is -0.506 e. The molecular weight excluding hydrogens is 371 g/mol. The van der Waals surface area contributed by atoms with Gasteiger partial charge in [0, 0.05) is 13.0 Å². The van der Waals surface area contributed by atoms with Gasteiger partial charge in [0.2, 0.25) is 5.91 Å². The molecular formula is C19H15FN2O4S. The molecule has 0 aliphatic carbocycles. The van der Waals surface area contributed by atoms with Crippen LogP contribution in [0.3, 0.4) is 0 Å². The summed E-state index contributed by atoms with van der Waals surface area (Å²) in [6, 6.07) is 11.9. The van der Waals surface area contributed by atoms with E-state index < -0.39 is 22.9 Å². The van der Waals surface area contributed by atoms with Crippen molar-refractivity contribution in [1.29, 1.82) is 0 Å². The minimum atomic E-state index is -0.524. The number of halogens is 1. The molecule has 6 nitrogen and oxygen atoms in total. The third kappa shape index (κ3) is 4.53. The maximum atomic E-state index is 13.2. The summed E-state index contributed by atoms with van der Waals surface area (Å²) in [4.78, 5) is 37.6. The molecule has 2 aromatic rings. The van der Waals surface area contributed by atoms with Crippen LogP contribution in [0.4, 0.5) is 14.9 Å². The summed E-state index contributed by atoms with van der Waals surface area (Å²) in [7, 11) is 0. The van der Waals surface area contributed by atoms with Crippen LogP contribution < -0.4 is 5.32 Å². The summed E-state index contributed by atoms with van der Waals surface area (Å²) < 4.78 is 13.2. The van der Waals surface area contributed by atoms with E-state index in [0.29, 0.717) is 5.56 Å². The number of phenolic OH excluding ortho intramolecular Hbond substituents is 1. The highest BCUT2D eigenvalue weighted by molar-refractivity contribution is 8.18. The molecule has 3 amide bonds. The van der Waals surface area contributed by atoms with Crippen LogP contribution >= 0.6 is 11.8 Å². The van der Waals surface area contributed by atoms with Gasteiger partial charge in [-0.2, -0.15) is 0 Å². The quantitative estimate of drug-likeness (QED) is 0.606. The number of carbonyl (C=O) groups is 3. The molecule has 1 aliphatic rings. The van der Waals surface area contributed by atoms with Crippen LogP contribution in [0, 0.1) is 5.82 Å². The first-order valence-electron chi connectivity index (χ1n) is 8.03. The number of nitrogens with one attached hydrogen (secondary N) is 1. The molecule has 0 aromatic heterocycles. The molecule has 1 heterocycles. The summed E-state index contributed by atoms with van der Waals surface area (Å²) >= 11 is 0.745. The Bertz CT molecular complexity index is 945. The average molecular weight is 386 g/mol. The normalized spacial score (nSPS) is 15.4. The predicted molar refractivity (Wildman–Crippen MR) is 100 cm³/mol. The van der Waals surface area contributed by atoms with E-state index in [2.05, 4.69) is 5.32 Å². The van der Waals surface area contributed by atoms with Crippen molar-refractivity contribution < 1.29 is 23.9 Å². The summed E-state index contributed by atoms with van der Waals surface area (Å²) in [6.45, 7) is -0.0927. The lowest BCUT2D eigenvalue weighted by atomic mass is 10.2. The number of nitrogens with zero attached hydrogens (tertiary/aromatic N) is 1. The zero-order valence-corrected chi connectivity index (χ0v) is 14.8. The lowest BCUT2D eigenvalue weighted by molar-refractivity contribution is -0.123. The summed E-state index contributed by atoms with van der Waals surface area (Å²) in [5, 5.41) is 11.7. The third-order valence-corrected chi connectivity index (χ3v) is 4.67. The maximum absolute atomic E-state index is 13.2. The number of carbonyl (C=O) groups excluding carboxylic acids is 3. The standard InChI is InChI=1S/C19H15FN2O4S/c20-13-5-3-4-12(10-13)11-16-18(25)22(19(26)27-16)9-8-17(24)21-14-6-1-2-7-15(14)23/h1-7,10-11,23H,8-9H2,(H,21,24)/b16-11-. The molecule has 0 atom stereocenters. The highest BCUT2D eigenvalue weighted by Crippen LogP contribution is 2.32. The molecule has 0 unspecified atom stereocenters. The van der Waals surface area contributed by atoms with Gasteiger partial charge >= 0.3 is 0 Å². The van der Waals surface area contributed by atoms with Gasteiger partial charge in [-0.25, -0.2) is 4.39 Å². The van der Waals surface area contributed by atoms with Gasteiger partial charge in [0.05, 0.1) is 10.6 Å². The molecule has 2 aromatic carbocycles. The molecule has 1 aliphatic heterocycles. The number of phenols is 1. The van der Waals surface area contributed by atoms with Crippen LogP contribution in [0.2, 0.25) is 0 Å². The summed E-state index contributed by atoms with van der Waals surface area (Å²) in [5.74, 6) is -1.48. The van der Waals surface area contributed by atoms with Crippen LogP contribution in [-0.4, -0.2) is 33.6 Å². The first kappa shape index (κ1) is 18.7. The van der Waals surface area contributed by atoms with Crippen LogP contribution in [0.25, 0.3) is 6.08 Å². The number of anilines is 1. The van der Waals surface area contributed by atoms with Crippen LogP contribution in [0.5, 0.6) is 5.75 Å². The Kier molecular flexibility index (Phi) is 5.56. The second kappa shape index (κ2) is 8.05. The van der Waals surface area contributed by atoms with E-state index in [0.717, 1.165) is 16.7 Å². The van der Waals surface area contributed by atoms with Crippen molar-refractivity contribution in [3.05, 3.63) is 64.8 Å². The lowest BCUT2D eigenvalue weighted by Gasteiger charge is -2.12. The number of imide groups is 1. The fourth-order valence-electron chi connectivity index (χ4n) is 2.45. The number of hydrogen-bond acceptors (Lipinski definition) is 5. The van der Waals surface area contributed by atoms with E-state index >= 15 is 0 Å². The Balaban J connectivity index is 1.62. The number of benzene rings is 2. The molecule has 0 radical (unpaired) electrons. The first-order valence-corrected chi connectivity index (χ1v) is 8.84. The van der Waals surface area contributed by atoms with Crippen LogP contribution in [0.15, 0.2) is 53.4 Å². The zero-order valence-electron chi connectivity index (χ0n) is 14.0. The fourth-order valence-corrected chi connectivity index (χ4v) is 3.31. The number of rotatable bonds is 5. The van der Waals surface area contributed by atoms with Crippen LogP contribution in [0.1, 0.15) is 12.0 Å². The van der Waals surface area contributed by atoms with Gasteiger partial charge in [0.25, 0.3) is 11.1 Å². The van der Waals surface area contributed by atoms with Crippen molar-refractivity contribution in [2.45, 2.75) is 6.42 Å². The van der Waals surface area contributed by atoms with Gasteiger partial charge < -0.3 is 10.4 Å². The fraction of sp³-hybridized carbons (Fsp3) is 0.105. The highest BCUT2D eigenvalue weighted by atomic mass is 32.2. The molecule has 3 rings (SSSR count). The Labute approximate surface area is 158 Å². The number of aromatic hydroxyl groups is 1. The molecule has 0 spiro atoms. The molecule has 2 N–H and O–H groups in total. The Morgan fingerprint density at radius 1 is 1.19 bits per heavy atom. The molecule has 138 valence electrons. The molecule has 0 bridgehead atoms. The third-order valence-electron chi connectivity index (χ3n) is 3.76. The topological polar surface area (TPSA) is 86.7 Å². The van der Waals surface area contributed by atoms with Crippen molar-refractivity contribution in [2.75, 3.05) is 11.9 Å². The van der Waals surface area contributed by atoms with Crippen molar-refractivity contribution in [3.63, 3.8) is 0 Å². The summed E-state index contributed by atoms with van der Waals surface area (Å²) in [6.07, 6.45) is 1.33. The summed E-state index contributed by atoms with van der Waals surface area (Å²) in [5.41, 5.74) is 0.723. The SMILES string of the molecule is O=C(CCN1C(=O)S/C(=C\c2cccc(F)c2)C1=O)Nc1ccccc1O. The van der Waals surface area contributed by atoms with E-state index in [9.17, 15) is 23.9 Å². The van der Waals surface area contributed by atoms with Crippen molar-refractivity contribution in [3.8, 4) is 5.75 Å². The van der Waals surface area contributed by atoms with Crippen molar-refractivity contribution in [1.82, 2.24) is 4.90 Å². The highest BCUT2D eigenvalue weighted by Gasteiger charge is 2.35. The largest absolute Gasteiger partial charge is 0.506 e.